The molecule has 2 atom stereocenters. The van der Waals surface area contributed by atoms with Gasteiger partial charge in [0.25, 0.3) is 11.7 Å². The van der Waals surface area contributed by atoms with Crippen LogP contribution in [0.25, 0.3) is 41.8 Å². The molecule has 0 aromatic rings. The Bertz CT molecular complexity index is 523. The number of rotatable bonds is 8. The summed E-state index contributed by atoms with van der Waals surface area (Å²) in [5, 5.41) is 13.0. The SMILES string of the molecule is [N-]=[N+]=NC(N=[N+]=[N-])(OC(N=[N+]=[N-])(N=[N+]=[N-])C1CO1)C1CO1. The van der Waals surface area contributed by atoms with Crippen LogP contribution in [0.1, 0.15) is 0 Å². The Labute approximate surface area is 114 Å². The van der Waals surface area contributed by atoms with E-state index in [4.69, 9.17) is 36.3 Å². The van der Waals surface area contributed by atoms with Crippen molar-refractivity contribution in [3.8, 4) is 0 Å². The highest BCUT2D eigenvalue weighted by atomic mass is 16.7. The van der Waals surface area contributed by atoms with Gasteiger partial charge in [0.15, 0.2) is 0 Å². The predicted octanol–water partition coefficient (Wildman–Crippen LogP) is 2.35. The fraction of sp³-hybridized carbons (Fsp3) is 1.00. The summed E-state index contributed by atoms with van der Waals surface area (Å²) in [6.45, 7) is 0.151. The number of ether oxygens (including phenoxy) is 3. The van der Waals surface area contributed by atoms with Gasteiger partial charge in [0.1, 0.15) is 12.2 Å². The summed E-state index contributed by atoms with van der Waals surface area (Å²) in [5.74, 6) is -4.39. The number of nitrogens with zero attached hydrogens (tertiary/aromatic N) is 12. The summed E-state index contributed by atoms with van der Waals surface area (Å²) in [4.78, 5) is 10.1. The van der Waals surface area contributed by atoms with E-state index in [1.807, 2.05) is 0 Å². The molecule has 0 aliphatic carbocycles. The molecule has 108 valence electrons. The van der Waals surface area contributed by atoms with Crippen LogP contribution in [0, 0.1) is 0 Å². The second kappa shape index (κ2) is 5.63. The number of hydrogen-bond donors (Lipinski definition) is 0. The van der Waals surface area contributed by atoms with Gasteiger partial charge in [-0.2, -0.15) is 0 Å². The Balaban J connectivity index is 2.48. The van der Waals surface area contributed by atoms with Crippen LogP contribution in [0.2, 0.25) is 0 Å². The first kappa shape index (κ1) is 14.5. The van der Waals surface area contributed by atoms with Crippen LogP contribution in [0.4, 0.5) is 0 Å². The van der Waals surface area contributed by atoms with Crippen molar-refractivity contribution in [2.45, 2.75) is 23.9 Å². The second-order valence-electron chi connectivity index (χ2n) is 3.82. The molecule has 0 aromatic carbocycles. The van der Waals surface area contributed by atoms with Crippen molar-refractivity contribution in [3.05, 3.63) is 41.8 Å². The van der Waals surface area contributed by atoms with Crippen LogP contribution in [-0.4, -0.2) is 37.1 Å². The number of hydrogen-bond acceptors (Lipinski definition) is 7. The van der Waals surface area contributed by atoms with Gasteiger partial charge >= 0.3 is 0 Å². The molecular weight excluding hydrogens is 288 g/mol. The van der Waals surface area contributed by atoms with E-state index in [1.165, 1.54) is 0 Å². The third-order valence-electron chi connectivity index (χ3n) is 2.56. The van der Waals surface area contributed by atoms with E-state index in [9.17, 15) is 0 Å². The fourth-order valence-corrected chi connectivity index (χ4v) is 1.52. The largest absolute Gasteiger partial charge is 0.370 e. The maximum Gasteiger partial charge on any atom is 0.255 e. The van der Waals surface area contributed by atoms with Gasteiger partial charge in [-0.15, -0.1) is 0 Å². The standard InChI is InChI=1S/C6H6N12O3/c7-15-11-5(12-16-8,3-1-19-3)21-6(13-17-9,14-18-10)4-2-20-4/h3-4H,1-2H2. The summed E-state index contributed by atoms with van der Waals surface area (Å²) >= 11 is 0. The zero-order valence-electron chi connectivity index (χ0n) is 10.2. The van der Waals surface area contributed by atoms with Crippen LogP contribution in [0.5, 0.6) is 0 Å². The summed E-state index contributed by atoms with van der Waals surface area (Å²) in [5.41, 5.74) is 34.5. The molecule has 2 aliphatic heterocycles. The molecule has 2 unspecified atom stereocenters. The molecule has 2 rings (SSSR count). The molecule has 0 N–H and O–H groups in total. The molecule has 2 aliphatic rings. The molecule has 0 spiro atoms. The Morgan fingerprint density at radius 3 is 1.24 bits per heavy atom. The van der Waals surface area contributed by atoms with Crippen LogP contribution in [0.15, 0.2) is 20.5 Å². The maximum atomic E-state index is 8.62. The molecule has 0 saturated carbocycles. The van der Waals surface area contributed by atoms with Crippen molar-refractivity contribution in [1.82, 2.24) is 0 Å². The molecule has 2 fully saturated rings. The average Bonchev–Trinajstić information content (AvgIpc) is 3.31. The molecule has 0 aromatic heterocycles. The van der Waals surface area contributed by atoms with Gasteiger partial charge in [-0.3, -0.25) is 0 Å². The van der Waals surface area contributed by atoms with Crippen molar-refractivity contribution in [1.29, 1.82) is 0 Å². The minimum absolute atomic E-state index is 0.0756. The fourth-order valence-electron chi connectivity index (χ4n) is 1.52. The average molecular weight is 294 g/mol. The summed E-state index contributed by atoms with van der Waals surface area (Å²) in [6, 6.07) is 0. The lowest BCUT2D eigenvalue weighted by Crippen LogP contribution is -2.46. The van der Waals surface area contributed by atoms with E-state index in [-0.39, 0.29) is 13.2 Å². The quantitative estimate of drug-likeness (QED) is 0.284. The first-order valence-corrected chi connectivity index (χ1v) is 5.35. The van der Waals surface area contributed by atoms with E-state index < -0.39 is 23.9 Å². The molecular formula is C6H6N12O3. The minimum atomic E-state index is -2.20. The van der Waals surface area contributed by atoms with Crippen molar-refractivity contribution in [2.24, 2.45) is 20.5 Å². The lowest BCUT2D eigenvalue weighted by atomic mass is 10.2. The monoisotopic (exact) mass is 294 g/mol. The molecule has 2 saturated heterocycles. The Morgan fingerprint density at radius 2 is 1.05 bits per heavy atom. The van der Waals surface area contributed by atoms with Gasteiger partial charge < -0.3 is 14.2 Å². The normalized spacial score (nSPS) is 27.2. The number of azide groups is 2. The van der Waals surface area contributed by atoms with Gasteiger partial charge in [0.05, 0.1) is 13.2 Å². The second-order valence-corrected chi connectivity index (χ2v) is 3.82. The van der Waals surface area contributed by atoms with E-state index in [2.05, 4.69) is 40.1 Å². The smallest absolute Gasteiger partial charge is 0.255 e. The summed E-state index contributed by atoms with van der Waals surface area (Å²) in [6.07, 6.45) is -1.80. The Morgan fingerprint density at radius 1 is 0.762 bits per heavy atom. The Kier molecular flexibility index (Phi) is 3.89. The first-order valence-electron chi connectivity index (χ1n) is 5.35. The molecule has 2 heterocycles. The maximum absolute atomic E-state index is 8.62. The topological polar surface area (TPSA) is 229 Å². The van der Waals surface area contributed by atoms with Crippen molar-refractivity contribution >= 4 is 0 Å². The summed E-state index contributed by atoms with van der Waals surface area (Å²) < 4.78 is 15.1. The van der Waals surface area contributed by atoms with Crippen molar-refractivity contribution in [2.75, 3.05) is 13.2 Å². The Hall–Kier alpha value is -2.88. The molecule has 21 heavy (non-hydrogen) atoms. The lowest BCUT2D eigenvalue weighted by Gasteiger charge is -2.31. The highest BCUT2D eigenvalue weighted by Gasteiger charge is 2.57. The van der Waals surface area contributed by atoms with Gasteiger partial charge in [-0.25, -0.2) is 0 Å². The van der Waals surface area contributed by atoms with Crippen LogP contribution >= 0.6 is 0 Å². The zero-order valence-corrected chi connectivity index (χ0v) is 10.2. The van der Waals surface area contributed by atoms with Crippen molar-refractivity contribution in [3.63, 3.8) is 0 Å². The molecule has 15 heteroatoms. The van der Waals surface area contributed by atoms with Gasteiger partial charge in [-0.05, 0) is 42.6 Å². The van der Waals surface area contributed by atoms with E-state index in [0.717, 1.165) is 0 Å². The number of epoxide rings is 2. The van der Waals surface area contributed by atoms with Crippen LogP contribution in [-0.2, 0) is 14.2 Å². The zero-order chi connectivity index (χ0) is 15.3. The van der Waals surface area contributed by atoms with Gasteiger partial charge in [0.2, 0.25) is 0 Å². The molecule has 15 nitrogen and oxygen atoms in total. The van der Waals surface area contributed by atoms with E-state index in [1.54, 1.807) is 0 Å². The van der Waals surface area contributed by atoms with Gasteiger partial charge in [-0.1, -0.05) is 0 Å². The molecule has 0 amide bonds. The summed E-state index contributed by atoms with van der Waals surface area (Å²) in [7, 11) is 0. The molecule has 0 radical (unpaired) electrons. The highest BCUT2D eigenvalue weighted by Crippen LogP contribution is 2.41. The van der Waals surface area contributed by atoms with Crippen LogP contribution < -0.4 is 0 Å². The van der Waals surface area contributed by atoms with E-state index in [0.29, 0.717) is 0 Å². The third kappa shape index (κ3) is 2.84. The highest BCUT2D eigenvalue weighted by molar-refractivity contribution is 5.00. The predicted molar refractivity (Wildman–Crippen MR) is 62.6 cm³/mol. The lowest BCUT2D eigenvalue weighted by molar-refractivity contribution is -0.165. The van der Waals surface area contributed by atoms with Crippen LogP contribution in [0.3, 0.4) is 0 Å². The minimum Gasteiger partial charge on any atom is -0.370 e. The van der Waals surface area contributed by atoms with E-state index >= 15 is 0 Å². The first-order chi connectivity index (χ1) is 10.2. The third-order valence-corrected chi connectivity index (χ3v) is 2.56. The van der Waals surface area contributed by atoms with Gasteiger partial charge in [0, 0.05) is 19.6 Å². The van der Waals surface area contributed by atoms with Crippen molar-refractivity contribution < 1.29 is 14.2 Å². The molecule has 0 bridgehead atoms.